The van der Waals surface area contributed by atoms with E-state index in [0.717, 1.165) is 28.0 Å². The van der Waals surface area contributed by atoms with Crippen LogP contribution in [0.3, 0.4) is 0 Å². The molecule has 2 atom stereocenters. The van der Waals surface area contributed by atoms with Crippen molar-refractivity contribution in [3.05, 3.63) is 82.9 Å². The topological polar surface area (TPSA) is 80.7 Å². The summed E-state index contributed by atoms with van der Waals surface area (Å²) in [4.78, 5) is 17.0. The third kappa shape index (κ3) is 4.73. The number of nitrogens with one attached hydrogen (secondary N) is 1. The molecule has 2 unspecified atom stereocenters. The minimum Gasteiger partial charge on any atom is -0.502 e. The first-order chi connectivity index (χ1) is 16.4. The molecule has 0 bridgehead atoms. The van der Waals surface area contributed by atoms with Gasteiger partial charge in [-0.25, -0.2) is 4.39 Å². The maximum absolute atomic E-state index is 14.2. The van der Waals surface area contributed by atoms with E-state index < -0.39 is 0 Å². The highest BCUT2D eigenvalue weighted by Gasteiger charge is 2.35. The maximum Gasteiger partial charge on any atom is 0.220 e. The molecular weight excluding hydrogens is 435 g/mol. The molecule has 2 aromatic carbocycles. The summed E-state index contributed by atoms with van der Waals surface area (Å²) in [5, 5.41) is 13.1. The average Bonchev–Trinajstić information content (AvgIpc) is 3.09. The average molecular weight is 463 g/mol. The number of pyridine rings is 1. The second-order valence-corrected chi connectivity index (χ2v) is 8.30. The Bertz CT molecular complexity index is 1200. The Morgan fingerprint density at radius 1 is 1.15 bits per heavy atom. The molecule has 6 nitrogen and oxygen atoms in total. The maximum atomic E-state index is 14.2. The monoisotopic (exact) mass is 462 g/mol. The third-order valence-electron chi connectivity index (χ3n) is 6.24. The van der Waals surface area contributed by atoms with E-state index in [1.54, 1.807) is 24.4 Å². The van der Waals surface area contributed by atoms with Crippen LogP contribution >= 0.6 is 0 Å². The van der Waals surface area contributed by atoms with E-state index in [0.29, 0.717) is 18.0 Å². The van der Waals surface area contributed by atoms with E-state index in [4.69, 9.17) is 9.47 Å². The molecule has 34 heavy (non-hydrogen) atoms. The summed E-state index contributed by atoms with van der Waals surface area (Å²) >= 11 is 0. The minimum absolute atomic E-state index is 0.0387. The normalized spacial score (nSPS) is 17.9. The molecule has 1 heterocycles. The molecule has 1 aliphatic carbocycles. The first-order valence-corrected chi connectivity index (χ1v) is 11.0. The van der Waals surface area contributed by atoms with Crippen molar-refractivity contribution in [2.75, 3.05) is 14.2 Å². The quantitative estimate of drug-likeness (QED) is 0.521. The fraction of sp³-hybridized carbons (Fsp3) is 0.259. The van der Waals surface area contributed by atoms with Gasteiger partial charge in [-0.15, -0.1) is 0 Å². The van der Waals surface area contributed by atoms with Crippen molar-refractivity contribution in [3.63, 3.8) is 0 Å². The summed E-state index contributed by atoms with van der Waals surface area (Å²) in [6, 6.07) is 13.7. The van der Waals surface area contributed by atoms with Crippen molar-refractivity contribution in [1.29, 1.82) is 0 Å². The summed E-state index contributed by atoms with van der Waals surface area (Å²) in [7, 11) is 2.95. The van der Waals surface area contributed by atoms with Crippen LogP contribution in [0.25, 0.3) is 11.6 Å². The number of hydrogen-bond acceptors (Lipinski definition) is 5. The Kier molecular flexibility index (Phi) is 6.82. The molecule has 1 amide bonds. The van der Waals surface area contributed by atoms with Gasteiger partial charge in [-0.05, 0) is 70.5 Å². The molecule has 0 saturated heterocycles. The number of phenols is 1. The second-order valence-electron chi connectivity index (χ2n) is 8.30. The number of methoxy groups -OCH3 is 2. The zero-order valence-electron chi connectivity index (χ0n) is 19.3. The van der Waals surface area contributed by atoms with Gasteiger partial charge in [0.05, 0.1) is 26.5 Å². The van der Waals surface area contributed by atoms with E-state index in [9.17, 15) is 14.3 Å². The number of fused-ring (bicyclic) bond motifs is 1. The zero-order valence-corrected chi connectivity index (χ0v) is 19.3. The number of rotatable bonds is 7. The van der Waals surface area contributed by atoms with Crippen LogP contribution in [0.4, 0.5) is 4.39 Å². The standard InChI is InChI=1S/C27H27FN2O4/c1-16-21(10-17-11-24(33-2)27(32)25(12-17)34-3)20-8-7-18(28)13-23(20)22(16)14-26(31)30-15-19-6-4-5-9-29-19/h4-13,16,22,32H,14-15H2,1-3H3,(H,30,31)/b21-10-. The summed E-state index contributed by atoms with van der Waals surface area (Å²) < 4.78 is 24.7. The van der Waals surface area contributed by atoms with Crippen molar-refractivity contribution in [1.82, 2.24) is 10.3 Å². The van der Waals surface area contributed by atoms with Gasteiger partial charge in [-0.2, -0.15) is 0 Å². The number of amides is 1. The zero-order chi connectivity index (χ0) is 24.2. The highest BCUT2D eigenvalue weighted by atomic mass is 19.1. The van der Waals surface area contributed by atoms with Gasteiger partial charge in [0, 0.05) is 12.6 Å². The third-order valence-corrected chi connectivity index (χ3v) is 6.24. The van der Waals surface area contributed by atoms with E-state index in [2.05, 4.69) is 10.3 Å². The van der Waals surface area contributed by atoms with Crippen molar-refractivity contribution < 1.29 is 23.8 Å². The van der Waals surface area contributed by atoms with Crippen LogP contribution in [0.1, 0.15) is 41.6 Å². The van der Waals surface area contributed by atoms with Gasteiger partial charge in [-0.1, -0.05) is 25.1 Å². The van der Waals surface area contributed by atoms with E-state index in [1.807, 2.05) is 31.2 Å². The first-order valence-electron chi connectivity index (χ1n) is 11.0. The van der Waals surface area contributed by atoms with Gasteiger partial charge in [0.2, 0.25) is 11.7 Å². The SMILES string of the molecule is COc1cc(/C=C2\c3ccc(F)cc3C(CC(=O)NCc3ccccn3)C2C)cc(OC)c1O. The molecular formula is C27H27FN2O4. The van der Waals surface area contributed by atoms with Crippen LogP contribution < -0.4 is 14.8 Å². The van der Waals surface area contributed by atoms with Crippen molar-refractivity contribution in [3.8, 4) is 17.2 Å². The van der Waals surface area contributed by atoms with E-state index in [1.165, 1.54) is 26.4 Å². The number of allylic oxidation sites excluding steroid dienone is 1. The number of phenolic OH excluding ortho intramolecular Hbond substituents is 1. The largest absolute Gasteiger partial charge is 0.502 e. The van der Waals surface area contributed by atoms with Gasteiger partial charge < -0.3 is 19.9 Å². The Morgan fingerprint density at radius 3 is 2.53 bits per heavy atom. The molecule has 7 heteroatoms. The number of ether oxygens (including phenoxy) is 2. The van der Waals surface area contributed by atoms with E-state index >= 15 is 0 Å². The fourth-order valence-electron chi connectivity index (χ4n) is 4.47. The van der Waals surface area contributed by atoms with Crippen LogP contribution in [0.15, 0.2) is 54.7 Å². The molecule has 0 fully saturated rings. The van der Waals surface area contributed by atoms with Gasteiger partial charge in [0.25, 0.3) is 0 Å². The molecule has 1 aliphatic rings. The lowest BCUT2D eigenvalue weighted by Crippen LogP contribution is -2.25. The van der Waals surface area contributed by atoms with Crippen molar-refractivity contribution in [2.24, 2.45) is 5.92 Å². The summed E-state index contributed by atoms with van der Waals surface area (Å²) in [6.07, 6.45) is 3.88. The molecule has 0 spiro atoms. The van der Waals surface area contributed by atoms with Gasteiger partial charge in [-0.3, -0.25) is 9.78 Å². The minimum atomic E-state index is -0.334. The number of carbonyl (C=O) groups excluding carboxylic acids is 1. The predicted molar refractivity (Wildman–Crippen MR) is 128 cm³/mol. The number of aromatic nitrogens is 1. The van der Waals surface area contributed by atoms with Crippen LogP contribution in [-0.2, 0) is 11.3 Å². The van der Waals surface area contributed by atoms with Crippen LogP contribution in [0.2, 0.25) is 0 Å². The number of hydrogen-bond donors (Lipinski definition) is 2. The lowest BCUT2D eigenvalue weighted by molar-refractivity contribution is -0.121. The highest BCUT2D eigenvalue weighted by Crippen LogP contribution is 2.49. The number of halogens is 1. The summed E-state index contributed by atoms with van der Waals surface area (Å²) in [5.41, 5.74) is 4.24. The first kappa shape index (κ1) is 23.3. The number of nitrogens with zero attached hydrogens (tertiary/aromatic N) is 1. The number of benzene rings is 2. The summed E-state index contributed by atoms with van der Waals surface area (Å²) in [6.45, 7) is 2.38. The van der Waals surface area contributed by atoms with E-state index in [-0.39, 0.29) is 35.7 Å². The Morgan fingerprint density at radius 2 is 1.88 bits per heavy atom. The van der Waals surface area contributed by atoms with Crippen molar-refractivity contribution in [2.45, 2.75) is 25.8 Å². The smallest absolute Gasteiger partial charge is 0.220 e. The lowest BCUT2D eigenvalue weighted by Gasteiger charge is -2.17. The Labute approximate surface area is 198 Å². The molecule has 176 valence electrons. The summed E-state index contributed by atoms with van der Waals surface area (Å²) in [5.74, 6) is -0.157. The van der Waals surface area contributed by atoms with Gasteiger partial charge in [0.1, 0.15) is 5.82 Å². The van der Waals surface area contributed by atoms with Crippen molar-refractivity contribution >= 4 is 17.6 Å². The predicted octanol–water partition coefficient (Wildman–Crippen LogP) is 4.92. The molecule has 0 aliphatic heterocycles. The molecule has 4 rings (SSSR count). The van der Waals surface area contributed by atoms with Crippen LogP contribution in [-0.4, -0.2) is 30.2 Å². The molecule has 0 saturated carbocycles. The molecule has 3 aromatic rings. The molecule has 1 aromatic heterocycles. The fourth-order valence-corrected chi connectivity index (χ4v) is 4.47. The second kappa shape index (κ2) is 9.95. The lowest BCUT2D eigenvalue weighted by atomic mass is 9.88. The Balaban J connectivity index is 1.63. The number of carbonyl (C=O) groups is 1. The van der Waals surface area contributed by atoms with Crippen LogP contribution in [0, 0.1) is 11.7 Å². The molecule has 0 radical (unpaired) electrons. The van der Waals surface area contributed by atoms with Gasteiger partial charge >= 0.3 is 0 Å². The highest BCUT2D eigenvalue weighted by molar-refractivity contribution is 5.89. The van der Waals surface area contributed by atoms with Gasteiger partial charge in [0.15, 0.2) is 11.5 Å². The van der Waals surface area contributed by atoms with Crippen LogP contribution in [0.5, 0.6) is 17.2 Å². The Hall–Kier alpha value is -3.87. The number of aromatic hydroxyl groups is 1. The molecule has 2 N–H and O–H groups in total.